The molecule has 3 N–H and O–H groups in total. The van der Waals surface area contributed by atoms with Crippen molar-refractivity contribution in [1.29, 1.82) is 0 Å². The Morgan fingerprint density at radius 2 is 1.79 bits per heavy atom. The fraction of sp³-hybridized carbons (Fsp3) is 0.333. The van der Waals surface area contributed by atoms with Crippen LogP contribution in [0.4, 0.5) is 5.69 Å². The van der Waals surface area contributed by atoms with Gasteiger partial charge in [0.1, 0.15) is 0 Å². The highest BCUT2D eigenvalue weighted by atomic mass is 79.9. The Kier molecular flexibility index (Phi) is 9.13. The number of amides is 1. The number of thioether (sulfide) groups is 1. The van der Waals surface area contributed by atoms with Crippen LogP contribution < -0.4 is 16.2 Å². The number of nitrogens with zero attached hydrogens (tertiary/aromatic N) is 1. The van der Waals surface area contributed by atoms with Gasteiger partial charge in [-0.25, -0.2) is 8.42 Å². The highest BCUT2D eigenvalue weighted by Gasteiger charge is 2.26. The summed E-state index contributed by atoms with van der Waals surface area (Å²) in [6.07, 6.45) is 0. The SMILES string of the molecule is Cc1cc(SCC(=O)NNC(=S)Nc2ccc(S(=O)(=O)N3CCOCC3)cc2)c(C)cc1Br. The van der Waals surface area contributed by atoms with Crippen LogP contribution in [0.15, 0.2) is 50.7 Å². The molecule has 178 valence electrons. The topological polar surface area (TPSA) is 99.8 Å². The van der Waals surface area contributed by atoms with Crippen molar-refractivity contribution in [1.82, 2.24) is 15.2 Å². The summed E-state index contributed by atoms with van der Waals surface area (Å²) < 4.78 is 33.0. The third-order valence-corrected chi connectivity index (χ3v) is 8.98. The van der Waals surface area contributed by atoms with Gasteiger partial charge in [0, 0.05) is 28.1 Å². The van der Waals surface area contributed by atoms with Crippen LogP contribution in [0.2, 0.25) is 0 Å². The Balaban J connectivity index is 1.46. The summed E-state index contributed by atoms with van der Waals surface area (Å²) in [5.41, 5.74) is 8.01. The van der Waals surface area contributed by atoms with Gasteiger partial charge in [-0.2, -0.15) is 4.31 Å². The van der Waals surface area contributed by atoms with Crippen molar-refractivity contribution < 1.29 is 17.9 Å². The number of anilines is 1. The van der Waals surface area contributed by atoms with Crippen molar-refractivity contribution >= 4 is 66.6 Å². The lowest BCUT2D eigenvalue weighted by atomic mass is 10.2. The molecule has 2 aromatic rings. The Hall–Kier alpha value is -1.70. The van der Waals surface area contributed by atoms with Gasteiger partial charge in [0.25, 0.3) is 0 Å². The second-order valence-electron chi connectivity index (χ2n) is 7.32. The van der Waals surface area contributed by atoms with Gasteiger partial charge in [0.05, 0.1) is 23.9 Å². The molecule has 12 heteroatoms. The number of hydrazine groups is 1. The molecule has 1 aliphatic heterocycles. The molecule has 0 saturated carbocycles. The maximum Gasteiger partial charge on any atom is 0.248 e. The minimum atomic E-state index is -3.55. The van der Waals surface area contributed by atoms with Crippen molar-refractivity contribution in [3.8, 4) is 0 Å². The lowest BCUT2D eigenvalue weighted by Gasteiger charge is -2.26. The van der Waals surface area contributed by atoms with Gasteiger partial charge in [-0.3, -0.25) is 15.6 Å². The van der Waals surface area contributed by atoms with Gasteiger partial charge >= 0.3 is 0 Å². The minimum Gasteiger partial charge on any atom is -0.379 e. The molecule has 0 bridgehead atoms. The van der Waals surface area contributed by atoms with E-state index in [1.54, 1.807) is 12.1 Å². The number of rotatable bonds is 6. The van der Waals surface area contributed by atoms with E-state index in [9.17, 15) is 13.2 Å². The first kappa shape index (κ1) is 25.9. The van der Waals surface area contributed by atoms with E-state index < -0.39 is 10.0 Å². The van der Waals surface area contributed by atoms with E-state index in [1.165, 1.54) is 28.2 Å². The predicted molar refractivity (Wildman–Crippen MR) is 138 cm³/mol. The molecule has 1 fully saturated rings. The zero-order chi connectivity index (χ0) is 24.0. The van der Waals surface area contributed by atoms with Crippen LogP contribution in [-0.2, 0) is 19.6 Å². The van der Waals surface area contributed by atoms with E-state index in [4.69, 9.17) is 17.0 Å². The standard InChI is InChI=1S/C21H25BrN4O4S3/c1-14-12-19(15(2)11-18(14)22)32-13-20(27)24-25-21(31)23-16-3-5-17(6-4-16)33(28,29)26-7-9-30-10-8-26/h3-6,11-12H,7-10,13H2,1-2H3,(H,24,27)(H2,23,25,31). The number of sulfonamides is 1. The number of carbonyl (C=O) groups excluding carboxylic acids is 1. The van der Waals surface area contributed by atoms with Gasteiger partial charge in [-0.05, 0) is 73.6 Å². The average molecular weight is 574 g/mol. The number of aryl methyl sites for hydroxylation is 2. The molecule has 1 aliphatic rings. The fourth-order valence-corrected chi connectivity index (χ4v) is 5.96. The second kappa shape index (κ2) is 11.6. The Bertz CT molecular complexity index is 1120. The van der Waals surface area contributed by atoms with Crippen LogP contribution in [0.3, 0.4) is 0 Å². The number of hydrogen-bond donors (Lipinski definition) is 3. The van der Waals surface area contributed by atoms with Crippen LogP contribution in [0.5, 0.6) is 0 Å². The lowest BCUT2D eigenvalue weighted by molar-refractivity contribution is -0.119. The maximum atomic E-state index is 12.7. The molecule has 0 unspecified atom stereocenters. The van der Waals surface area contributed by atoms with E-state index in [-0.39, 0.29) is 21.7 Å². The maximum absolute atomic E-state index is 12.7. The number of morpholine rings is 1. The first-order chi connectivity index (χ1) is 15.7. The number of carbonyl (C=O) groups is 1. The summed E-state index contributed by atoms with van der Waals surface area (Å²) in [5, 5.41) is 3.11. The van der Waals surface area contributed by atoms with Crippen LogP contribution in [0, 0.1) is 13.8 Å². The van der Waals surface area contributed by atoms with Crippen LogP contribution in [0.25, 0.3) is 0 Å². The normalized spacial score (nSPS) is 14.5. The Labute approximate surface area is 212 Å². The minimum absolute atomic E-state index is 0.188. The zero-order valence-electron chi connectivity index (χ0n) is 18.2. The molecule has 0 radical (unpaired) electrons. The number of halogens is 1. The van der Waals surface area contributed by atoms with Crippen LogP contribution in [-0.4, -0.2) is 55.8 Å². The molecule has 1 heterocycles. The summed E-state index contributed by atoms with van der Waals surface area (Å²) in [7, 11) is -3.55. The molecule has 1 saturated heterocycles. The van der Waals surface area contributed by atoms with Crippen molar-refractivity contribution in [3.63, 3.8) is 0 Å². The van der Waals surface area contributed by atoms with Crippen molar-refractivity contribution in [2.75, 3.05) is 37.4 Å². The van der Waals surface area contributed by atoms with Crippen LogP contribution >= 0.6 is 39.9 Å². The van der Waals surface area contributed by atoms with Crippen molar-refractivity contribution in [2.24, 2.45) is 0 Å². The van der Waals surface area contributed by atoms with E-state index in [0.29, 0.717) is 32.0 Å². The first-order valence-electron chi connectivity index (χ1n) is 10.1. The molecular formula is C21H25BrN4O4S3. The van der Waals surface area contributed by atoms with E-state index in [1.807, 2.05) is 26.0 Å². The average Bonchev–Trinajstić information content (AvgIpc) is 2.80. The van der Waals surface area contributed by atoms with E-state index in [2.05, 4.69) is 32.1 Å². The molecule has 8 nitrogen and oxygen atoms in total. The smallest absolute Gasteiger partial charge is 0.248 e. The van der Waals surface area contributed by atoms with Crippen molar-refractivity contribution in [2.45, 2.75) is 23.6 Å². The van der Waals surface area contributed by atoms with Gasteiger partial charge in [-0.1, -0.05) is 15.9 Å². The Morgan fingerprint density at radius 3 is 2.45 bits per heavy atom. The number of benzene rings is 2. The number of thiocarbonyl (C=S) groups is 1. The highest BCUT2D eigenvalue weighted by molar-refractivity contribution is 9.10. The van der Waals surface area contributed by atoms with E-state index >= 15 is 0 Å². The van der Waals surface area contributed by atoms with Gasteiger partial charge in [-0.15, -0.1) is 11.8 Å². The molecular weight excluding hydrogens is 548 g/mol. The van der Waals surface area contributed by atoms with Crippen molar-refractivity contribution in [3.05, 3.63) is 52.0 Å². The summed E-state index contributed by atoms with van der Waals surface area (Å²) in [4.78, 5) is 13.4. The predicted octanol–water partition coefficient (Wildman–Crippen LogP) is 3.20. The number of hydrogen-bond acceptors (Lipinski definition) is 6. The lowest BCUT2D eigenvalue weighted by Crippen LogP contribution is -2.44. The first-order valence-corrected chi connectivity index (χ1v) is 13.7. The molecule has 1 amide bonds. The summed E-state index contributed by atoms with van der Waals surface area (Å²) in [6, 6.07) is 10.4. The quantitative estimate of drug-likeness (QED) is 0.276. The molecule has 0 aromatic heterocycles. The fourth-order valence-electron chi connectivity index (χ4n) is 3.02. The third kappa shape index (κ3) is 7.14. The van der Waals surface area contributed by atoms with Gasteiger partial charge < -0.3 is 10.1 Å². The van der Waals surface area contributed by atoms with Gasteiger partial charge in [0.15, 0.2) is 5.11 Å². The molecule has 2 aromatic carbocycles. The molecule has 3 rings (SSSR count). The molecule has 0 aliphatic carbocycles. The molecule has 0 spiro atoms. The number of ether oxygens (including phenoxy) is 1. The largest absolute Gasteiger partial charge is 0.379 e. The third-order valence-electron chi connectivity index (χ3n) is 4.85. The summed E-state index contributed by atoms with van der Waals surface area (Å²) in [6.45, 7) is 5.48. The van der Waals surface area contributed by atoms with Crippen LogP contribution in [0.1, 0.15) is 11.1 Å². The monoisotopic (exact) mass is 572 g/mol. The van der Waals surface area contributed by atoms with E-state index in [0.717, 1.165) is 20.5 Å². The number of nitrogens with one attached hydrogen (secondary N) is 3. The summed E-state index contributed by atoms with van der Waals surface area (Å²) >= 11 is 10.2. The zero-order valence-corrected chi connectivity index (χ0v) is 22.2. The highest BCUT2D eigenvalue weighted by Crippen LogP contribution is 2.28. The molecule has 33 heavy (non-hydrogen) atoms. The van der Waals surface area contributed by atoms with Gasteiger partial charge in [0.2, 0.25) is 15.9 Å². The molecule has 0 atom stereocenters. The summed E-state index contributed by atoms with van der Waals surface area (Å²) in [5.74, 6) is 0.00194. The second-order valence-corrected chi connectivity index (χ2v) is 11.5. The Morgan fingerprint density at radius 1 is 1.12 bits per heavy atom.